The largest absolute Gasteiger partial charge is 0.573 e. The maximum atomic E-state index is 13.4. The van der Waals surface area contributed by atoms with Crippen LogP contribution in [0.1, 0.15) is 44.7 Å². The minimum Gasteiger partial charge on any atom is -0.442 e. The highest BCUT2D eigenvalue weighted by molar-refractivity contribution is 8.14. The number of hydrazine groups is 1. The Morgan fingerprint density at radius 1 is 1.10 bits per heavy atom. The van der Waals surface area contributed by atoms with Gasteiger partial charge in [-0.1, -0.05) is 49.1 Å². The highest BCUT2D eigenvalue weighted by Gasteiger charge is 2.33. The highest BCUT2D eigenvalue weighted by Crippen LogP contribution is 2.43. The van der Waals surface area contributed by atoms with Crippen LogP contribution in [-0.4, -0.2) is 55.3 Å². The van der Waals surface area contributed by atoms with Gasteiger partial charge >= 0.3 is 12.5 Å². The number of thiocarbonyl (C=S) groups is 1. The molecule has 0 saturated carbocycles. The number of thioether (sulfide) groups is 1. The van der Waals surface area contributed by atoms with Gasteiger partial charge in [0.2, 0.25) is 0 Å². The number of nitrogens with zero attached hydrogens (tertiary/aromatic N) is 6. The summed E-state index contributed by atoms with van der Waals surface area (Å²) in [5.41, 5.74) is 8.63. The van der Waals surface area contributed by atoms with Crippen LogP contribution in [0, 0.1) is 6.92 Å². The zero-order valence-corrected chi connectivity index (χ0v) is 29.5. The minimum absolute atomic E-state index is 0.0864. The van der Waals surface area contributed by atoms with E-state index in [2.05, 4.69) is 63.3 Å². The summed E-state index contributed by atoms with van der Waals surface area (Å²) in [6.45, 7) is 9.69. The molecule has 50 heavy (non-hydrogen) atoms. The molecule has 1 atom stereocenters. The van der Waals surface area contributed by atoms with Crippen molar-refractivity contribution < 1.29 is 27.4 Å². The summed E-state index contributed by atoms with van der Waals surface area (Å²) in [5, 5.41) is 6.52. The number of aryl methyl sites for hydroxylation is 1. The fourth-order valence-corrected chi connectivity index (χ4v) is 6.64. The van der Waals surface area contributed by atoms with Gasteiger partial charge in [0.25, 0.3) is 0 Å². The molecule has 1 unspecified atom stereocenters. The van der Waals surface area contributed by atoms with Gasteiger partial charge in [0.05, 0.1) is 23.6 Å². The van der Waals surface area contributed by atoms with Crippen molar-refractivity contribution in [3.63, 3.8) is 0 Å². The number of halogens is 3. The summed E-state index contributed by atoms with van der Waals surface area (Å²) >= 11 is 7.31. The molecule has 0 spiro atoms. The van der Waals surface area contributed by atoms with Gasteiger partial charge in [-0.05, 0) is 93.4 Å². The van der Waals surface area contributed by atoms with Gasteiger partial charge in [0.15, 0.2) is 11.0 Å². The van der Waals surface area contributed by atoms with E-state index >= 15 is 0 Å². The molecule has 1 aromatic heterocycles. The van der Waals surface area contributed by atoms with Crippen LogP contribution in [0.4, 0.5) is 29.3 Å². The van der Waals surface area contributed by atoms with E-state index < -0.39 is 18.1 Å². The molecule has 15 heteroatoms. The van der Waals surface area contributed by atoms with E-state index in [9.17, 15) is 18.0 Å². The number of fused-ring (bicyclic) bond motifs is 3. The number of benzene rings is 3. The number of ether oxygens (including phenoxy) is 2. The molecule has 3 aromatic carbocycles. The molecule has 260 valence electrons. The van der Waals surface area contributed by atoms with Crippen LogP contribution >= 0.6 is 24.0 Å². The van der Waals surface area contributed by atoms with Crippen molar-refractivity contribution in [2.45, 2.75) is 52.5 Å². The van der Waals surface area contributed by atoms with E-state index in [0.717, 1.165) is 22.2 Å². The van der Waals surface area contributed by atoms with Crippen LogP contribution in [-0.2, 0) is 4.74 Å². The zero-order chi connectivity index (χ0) is 35.8. The smallest absolute Gasteiger partial charge is 0.442 e. The van der Waals surface area contributed by atoms with E-state index in [0.29, 0.717) is 33.7 Å². The lowest BCUT2D eigenvalue weighted by atomic mass is 9.93. The molecule has 0 radical (unpaired) electrons. The summed E-state index contributed by atoms with van der Waals surface area (Å²) in [6.07, 6.45) is -1.70. The molecular weight excluding hydrogens is 688 g/mol. The molecular formula is C35H34F3N7O3S2. The minimum atomic E-state index is -4.78. The lowest BCUT2D eigenvalue weighted by Gasteiger charge is -2.30. The molecule has 1 N–H and O–H groups in total. The zero-order valence-electron chi connectivity index (χ0n) is 27.9. The summed E-state index contributed by atoms with van der Waals surface area (Å²) < 4.78 is 48.6. The molecule has 10 nitrogen and oxygen atoms in total. The molecule has 2 aliphatic rings. The summed E-state index contributed by atoms with van der Waals surface area (Å²) in [4.78, 5) is 25.0. The number of anilines is 2. The Balaban J connectivity index is 1.17. The second kappa shape index (κ2) is 13.9. The number of alkyl halides is 3. The van der Waals surface area contributed by atoms with Crippen molar-refractivity contribution in [1.82, 2.24) is 20.2 Å². The van der Waals surface area contributed by atoms with Crippen LogP contribution in [0.15, 0.2) is 89.8 Å². The Morgan fingerprint density at radius 2 is 1.82 bits per heavy atom. The van der Waals surface area contributed by atoms with E-state index in [1.165, 1.54) is 51.5 Å². The second-order valence-electron chi connectivity index (χ2n) is 12.7. The first-order valence-electron chi connectivity index (χ1n) is 15.6. The maximum absolute atomic E-state index is 13.4. The number of aliphatic imine (C=N–C) groups is 1. The van der Waals surface area contributed by atoms with Gasteiger partial charge < -0.3 is 9.47 Å². The van der Waals surface area contributed by atoms with Crippen LogP contribution in [0.25, 0.3) is 17.1 Å². The molecule has 6 rings (SSSR count). The number of aromatic nitrogens is 3. The summed E-state index contributed by atoms with van der Waals surface area (Å²) in [6, 6.07) is 18.6. The number of carbonyl (C=O) groups is 1. The third kappa shape index (κ3) is 8.17. The quantitative estimate of drug-likeness (QED) is 0.149. The highest BCUT2D eigenvalue weighted by atomic mass is 32.2. The van der Waals surface area contributed by atoms with E-state index in [4.69, 9.17) is 21.9 Å². The van der Waals surface area contributed by atoms with Gasteiger partial charge in [-0.3, -0.25) is 4.90 Å². The van der Waals surface area contributed by atoms with Crippen molar-refractivity contribution in [2.75, 3.05) is 22.2 Å². The number of rotatable bonds is 7. The number of hydrogen-bond acceptors (Lipinski definition) is 8. The fourth-order valence-electron chi connectivity index (χ4n) is 5.41. The molecule has 1 saturated heterocycles. The van der Waals surface area contributed by atoms with E-state index in [-0.39, 0.29) is 12.3 Å². The number of allylic oxidation sites excluding steroid dienone is 1. The van der Waals surface area contributed by atoms with Gasteiger partial charge in [-0.15, -0.1) is 18.3 Å². The lowest BCUT2D eigenvalue weighted by molar-refractivity contribution is -0.274. The van der Waals surface area contributed by atoms with Crippen molar-refractivity contribution in [2.24, 2.45) is 4.99 Å². The Kier molecular flexibility index (Phi) is 9.75. The topological polar surface area (TPSA) is 97.1 Å². The van der Waals surface area contributed by atoms with Crippen LogP contribution < -0.4 is 20.1 Å². The van der Waals surface area contributed by atoms with Gasteiger partial charge in [-0.2, -0.15) is 0 Å². The fraction of sp³-hybridized carbons (Fsp3) is 0.286. The van der Waals surface area contributed by atoms with E-state index in [1.807, 2.05) is 0 Å². The first-order valence-corrected chi connectivity index (χ1v) is 17.0. The third-order valence-corrected chi connectivity index (χ3v) is 8.79. The van der Waals surface area contributed by atoms with Gasteiger partial charge in [0, 0.05) is 22.9 Å². The molecule has 3 heterocycles. The number of nitrogens with one attached hydrogen (secondary N) is 1. The Hall–Kier alpha value is -4.73. The first-order chi connectivity index (χ1) is 23.6. The van der Waals surface area contributed by atoms with Gasteiger partial charge in [-0.25, -0.2) is 29.9 Å². The average molecular weight is 722 g/mol. The second-order valence-corrected chi connectivity index (χ2v) is 14.1. The van der Waals surface area contributed by atoms with Crippen LogP contribution in [0.5, 0.6) is 5.75 Å². The number of carbonyl (C=O) groups excluding carboxylic acids is 1. The summed E-state index contributed by atoms with van der Waals surface area (Å²) in [7, 11) is 0. The summed E-state index contributed by atoms with van der Waals surface area (Å²) in [5.74, 6) is 1.12. The SMILES string of the molecule is Cc1ccc2c(c1)N1C(=CC2C)CSC1=NC(=S)CNN(C(=O)OC(C)(C)C)c1ccc(-c2ncn(-c3ccc(OC(F)(F)F)cc3)n2)cc1. The molecule has 0 aliphatic carbocycles. The average Bonchev–Trinajstić information content (AvgIpc) is 3.68. The first kappa shape index (κ1) is 35.1. The Morgan fingerprint density at radius 3 is 2.50 bits per heavy atom. The van der Waals surface area contributed by atoms with E-state index in [1.54, 1.807) is 56.8 Å². The van der Waals surface area contributed by atoms with Crippen LogP contribution in [0.3, 0.4) is 0 Å². The van der Waals surface area contributed by atoms with Crippen molar-refractivity contribution in [3.8, 4) is 22.8 Å². The maximum Gasteiger partial charge on any atom is 0.573 e. The monoisotopic (exact) mass is 721 g/mol. The van der Waals surface area contributed by atoms with Crippen molar-refractivity contribution in [3.05, 3.63) is 96.0 Å². The number of amidine groups is 1. The van der Waals surface area contributed by atoms with Crippen LogP contribution in [0.2, 0.25) is 0 Å². The number of hydrogen-bond donors (Lipinski definition) is 1. The lowest BCUT2D eigenvalue weighted by Crippen LogP contribution is -2.47. The molecule has 2 aliphatic heterocycles. The molecule has 4 aromatic rings. The molecule has 1 fully saturated rings. The molecule has 0 bridgehead atoms. The third-order valence-electron chi connectivity index (χ3n) is 7.58. The standard InChI is InChI=1S/C35H34F3N7O3S2/c1-21-6-15-28-22(2)17-26-19-50-32(44(26)29(28)16-21)41-30(49)18-40-45(33(46)48-34(3,4)5)25-9-7-23(8-10-25)31-39-20-43(42-31)24-11-13-27(14-12-24)47-35(36,37)38/h6-17,20,22,40H,18-19H2,1-5H3. The Labute approximate surface area is 297 Å². The predicted molar refractivity (Wildman–Crippen MR) is 193 cm³/mol. The van der Waals surface area contributed by atoms with Crippen molar-refractivity contribution in [1.29, 1.82) is 0 Å². The number of amides is 1. The normalized spacial score (nSPS) is 16.5. The Bertz CT molecular complexity index is 1970. The molecule has 1 amide bonds. The van der Waals surface area contributed by atoms with Gasteiger partial charge in [0.1, 0.15) is 22.7 Å². The van der Waals surface area contributed by atoms with Crippen molar-refractivity contribution >= 4 is 51.6 Å². The predicted octanol–water partition coefficient (Wildman–Crippen LogP) is 8.33.